The van der Waals surface area contributed by atoms with E-state index in [2.05, 4.69) is 33.4 Å². The first-order valence-electron chi connectivity index (χ1n) is 7.27. The fraction of sp³-hybridized carbons (Fsp3) is 0.312. The van der Waals surface area contributed by atoms with E-state index in [1.54, 1.807) is 12.4 Å². The molecule has 21 heavy (non-hydrogen) atoms. The van der Waals surface area contributed by atoms with Crippen LogP contribution in [0.5, 0.6) is 0 Å². The van der Waals surface area contributed by atoms with Crippen molar-refractivity contribution in [3.63, 3.8) is 0 Å². The van der Waals surface area contributed by atoms with Gasteiger partial charge in [0.2, 0.25) is 0 Å². The Hall–Kier alpha value is -2.27. The van der Waals surface area contributed by atoms with Crippen LogP contribution in [0.3, 0.4) is 0 Å². The summed E-state index contributed by atoms with van der Waals surface area (Å²) in [7, 11) is 0. The summed E-state index contributed by atoms with van der Waals surface area (Å²) >= 11 is 0. The maximum absolute atomic E-state index is 4.56. The first kappa shape index (κ1) is 13.7. The Morgan fingerprint density at radius 2 is 2.00 bits per heavy atom. The molecule has 0 aromatic carbocycles. The number of hydrogen-bond donors (Lipinski definition) is 1. The van der Waals surface area contributed by atoms with Gasteiger partial charge in [-0.15, -0.1) is 0 Å². The molecule has 3 aromatic heterocycles. The van der Waals surface area contributed by atoms with Crippen molar-refractivity contribution in [3.05, 3.63) is 54.1 Å². The largest absolute Gasteiger partial charge is 0.313 e. The second-order valence-electron chi connectivity index (χ2n) is 5.09. The fourth-order valence-corrected chi connectivity index (χ4v) is 2.30. The maximum Gasteiger partial charge on any atom is 0.158 e. The van der Waals surface area contributed by atoms with E-state index in [-0.39, 0.29) is 0 Å². The molecular formula is C16H19N5. The molecule has 0 aliphatic heterocycles. The van der Waals surface area contributed by atoms with E-state index in [4.69, 9.17) is 0 Å². The van der Waals surface area contributed by atoms with Crippen molar-refractivity contribution in [2.75, 3.05) is 6.54 Å². The Morgan fingerprint density at radius 1 is 1.14 bits per heavy atom. The van der Waals surface area contributed by atoms with Crippen molar-refractivity contribution < 1.29 is 0 Å². The van der Waals surface area contributed by atoms with Gasteiger partial charge < -0.3 is 5.32 Å². The molecular weight excluding hydrogens is 262 g/mol. The number of hydrogen-bond acceptors (Lipinski definition) is 4. The second kappa shape index (κ2) is 6.45. The zero-order valence-electron chi connectivity index (χ0n) is 12.2. The van der Waals surface area contributed by atoms with Crippen LogP contribution in [0.2, 0.25) is 0 Å². The summed E-state index contributed by atoms with van der Waals surface area (Å²) in [5.41, 5.74) is 3.29. The van der Waals surface area contributed by atoms with E-state index in [1.165, 1.54) is 11.1 Å². The van der Waals surface area contributed by atoms with Crippen LogP contribution in [0.25, 0.3) is 11.0 Å². The van der Waals surface area contributed by atoms with Crippen LogP contribution in [0.1, 0.15) is 24.5 Å². The molecule has 0 spiro atoms. The summed E-state index contributed by atoms with van der Waals surface area (Å²) < 4.78 is 1.92. The molecule has 0 aliphatic rings. The summed E-state index contributed by atoms with van der Waals surface area (Å²) in [4.78, 5) is 8.59. The Morgan fingerprint density at radius 3 is 2.81 bits per heavy atom. The van der Waals surface area contributed by atoms with Gasteiger partial charge in [0, 0.05) is 30.5 Å². The molecule has 5 heteroatoms. The molecule has 108 valence electrons. The lowest BCUT2D eigenvalue weighted by atomic mass is 10.2. The zero-order chi connectivity index (χ0) is 14.5. The highest BCUT2D eigenvalue weighted by atomic mass is 15.3. The fourth-order valence-electron chi connectivity index (χ4n) is 2.30. The lowest BCUT2D eigenvalue weighted by Gasteiger charge is -2.05. The number of nitrogens with zero attached hydrogens (tertiary/aromatic N) is 4. The van der Waals surface area contributed by atoms with Gasteiger partial charge in [-0.3, -0.25) is 4.98 Å². The predicted molar refractivity (Wildman–Crippen MR) is 82.9 cm³/mol. The molecule has 1 N–H and O–H groups in total. The van der Waals surface area contributed by atoms with Crippen molar-refractivity contribution in [3.8, 4) is 0 Å². The van der Waals surface area contributed by atoms with Gasteiger partial charge in [-0.25, -0.2) is 9.67 Å². The van der Waals surface area contributed by atoms with Gasteiger partial charge in [0.1, 0.15) is 0 Å². The minimum Gasteiger partial charge on any atom is -0.313 e. The smallest absolute Gasteiger partial charge is 0.158 e. The molecule has 0 atom stereocenters. The minimum atomic E-state index is 0.715. The maximum atomic E-state index is 4.56. The molecule has 0 fully saturated rings. The van der Waals surface area contributed by atoms with E-state index < -0.39 is 0 Å². The number of fused-ring (bicyclic) bond motifs is 1. The quantitative estimate of drug-likeness (QED) is 0.705. The van der Waals surface area contributed by atoms with Crippen LogP contribution < -0.4 is 5.32 Å². The van der Waals surface area contributed by atoms with E-state index in [0.717, 1.165) is 30.5 Å². The lowest BCUT2D eigenvalue weighted by molar-refractivity contribution is 0.673. The van der Waals surface area contributed by atoms with Crippen molar-refractivity contribution in [1.82, 2.24) is 25.1 Å². The van der Waals surface area contributed by atoms with Crippen molar-refractivity contribution in [1.29, 1.82) is 0 Å². The number of nitrogens with one attached hydrogen (secondary N) is 1. The van der Waals surface area contributed by atoms with Gasteiger partial charge in [-0.05, 0) is 42.3 Å². The van der Waals surface area contributed by atoms with E-state index in [0.29, 0.717) is 6.54 Å². The standard InChI is InChI=1S/C16H19N5/c1-2-5-18-9-14-8-15-11-20-21(16(15)19-10-14)12-13-3-6-17-7-4-13/h3-4,6-8,10-11,18H,2,5,9,12H2,1H3. The molecule has 0 saturated carbocycles. The average molecular weight is 281 g/mol. The first-order valence-corrected chi connectivity index (χ1v) is 7.27. The third-order valence-corrected chi connectivity index (χ3v) is 3.37. The van der Waals surface area contributed by atoms with E-state index in [1.807, 2.05) is 29.2 Å². The second-order valence-corrected chi connectivity index (χ2v) is 5.09. The van der Waals surface area contributed by atoms with Gasteiger partial charge in [0.15, 0.2) is 5.65 Å². The Kier molecular flexibility index (Phi) is 4.21. The Labute approximate surface area is 124 Å². The van der Waals surface area contributed by atoms with Gasteiger partial charge in [0.25, 0.3) is 0 Å². The molecule has 3 rings (SSSR count). The number of rotatable bonds is 6. The molecule has 0 amide bonds. The molecule has 0 aliphatic carbocycles. The summed E-state index contributed by atoms with van der Waals surface area (Å²) in [6.07, 6.45) is 8.54. The van der Waals surface area contributed by atoms with Gasteiger partial charge >= 0.3 is 0 Å². The van der Waals surface area contributed by atoms with Crippen LogP contribution in [0.4, 0.5) is 0 Å². The number of aromatic nitrogens is 4. The molecule has 3 aromatic rings. The SMILES string of the molecule is CCCNCc1cnc2c(cnn2Cc2ccncc2)c1. The molecule has 5 nitrogen and oxygen atoms in total. The molecule has 3 heterocycles. The van der Waals surface area contributed by atoms with Crippen LogP contribution in [-0.2, 0) is 13.1 Å². The highest BCUT2D eigenvalue weighted by Gasteiger charge is 2.06. The zero-order valence-corrected chi connectivity index (χ0v) is 12.2. The first-order chi connectivity index (χ1) is 10.4. The Balaban J connectivity index is 1.79. The lowest BCUT2D eigenvalue weighted by Crippen LogP contribution is -2.13. The third-order valence-electron chi connectivity index (χ3n) is 3.37. The van der Waals surface area contributed by atoms with Crippen LogP contribution >= 0.6 is 0 Å². The van der Waals surface area contributed by atoms with Crippen molar-refractivity contribution >= 4 is 11.0 Å². The minimum absolute atomic E-state index is 0.715. The van der Waals surface area contributed by atoms with Gasteiger partial charge in [0.05, 0.1) is 12.7 Å². The normalized spacial score (nSPS) is 11.1. The van der Waals surface area contributed by atoms with E-state index >= 15 is 0 Å². The summed E-state index contributed by atoms with van der Waals surface area (Å²) in [6, 6.07) is 6.15. The number of pyridine rings is 2. The Bertz CT molecular complexity index is 705. The van der Waals surface area contributed by atoms with Crippen molar-refractivity contribution in [2.45, 2.75) is 26.4 Å². The highest BCUT2D eigenvalue weighted by Crippen LogP contribution is 2.14. The topological polar surface area (TPSA) is 55.6 Å². The summed E-state index contributed by atoms with van der Waals surface area (Å²) in [5.74, 6) is 0. The van der Waals surface area contributed by atoms with Gasteiger partial charge in [-0.1, -0.05) is 6.92 Å². The third kappa shape index (κ3) is 3.25. The molecule has 0 unspecified atom stereocenters. The predicted octanol–water partition coefficient (Wildman–Crippen LogP) is 2.37. The molecule has 0 radical (unpaired) electrons. The van der Waals surface area contributed by atoms with Crippen LogP contribution in [-0.4, -0.2) is 26.3 Å². The average Bonchev–Trinajstić information content (AvgIpc) is 2.91. The van der Waals surface area contributed by atoms with Crippen LogP contribution in [0.15, 0.2) is 43.0 Å². The van der Waals surface area contributed by atoms with Crippen molar-refractivity contribution in [2.24, 2.45) is 0 Å². The van der Waals surface area contributed by atoms with Crippen LogP contribution in [0, 0.1) is 0 Å². The van der Waals surface area contributed by atoms with E-state index in [9.17, 15) is 0 Å². The summed E-state index contributed by atoms with van der Waals surface area (Å²) in [6.45, 7) is 4.76. The monoisotopic (exact) mass is 281 g/mol. The molecule has 0 bridgehead atoms. The van der Waals surface area contributed by atoms with Gasteiger partial charge in [-0.2, -0.15) is 5.10 Å². The summed E-state index contributed by atoms with van der Waals surface area (Å²) in [5, 5.41) is 8.91. The molecule has 0 saturated heterocycles. The highest BCUT2D eigenvalue weighted by molar-refractivity contribution is 5.75.